The SMILES string of the molecule is Cc1sc(-c2nnc(C3CC3)o2)cc1NC(=O)c1ccc(F)c(F)c1. The Hall–Kier alpha value is -2.61. The number of anilines is 1. The van der Waals surface area contributed by atoms with E-state index < -0.39 is 17.5 Å². The number of aromatic nitrogens is 2. The number of thiophene rings is 1. The average molecular weight is 361 g/mol. The summed E-state index contributed by atoms with van der Waals surface area (Å²) < 4.78 is 31.9. The van der Waals surface area contributed by atoms with Crippen molar-refractivity contribution >= 4 is 22.9 Å². The zero-order valence-electron chi connectivity index (χ0n) is 13.2. The minimum atomic E-state index is -1.06. The lowest BCUT2D eigenvalue weighted by Crippen LogP contribution is -2.12. The Bertz CT molecular complexity index is 963. The topological polar surface area (TPSA) is 68.0 Å². The van der Waals surface area contributed by atoms with E-state index in [0.29, 0.717) is 23.4 Å². The van der Waals surface area contributed by atoms with Crippen LogP contribution in [-0.2, 0) is 0 Å². The summed E-state index contributed by atoms with van der Waals surface area (Å²) in [5, 5.41) is 10.8. The zero-order chi connectivity index (χ0) is 17.6. The summed E-state index contributed by atoms with van der Waals surface area (Å²) in [5.74, 6) is -1.13. The fourth-order valence-electron chi connectivity index (χ4n) is 2.37. The molecule has 1 aliphatic carbocycles. The fourth-order valence-corrected chi connectivity index (χ4v) is 3.27. The Balaban J connectivity index is 1.55. The molecule has 3 aromatic rings. The van der Waals surface area contributed by atoms with Gasteiger partial charge in [-0.05, 0) is 44.0 Å². The first kappa shape index (κ1) is 15.9. The van der Waals surface area contributed by atoms with Gasteiger partial charge in [0, 0.05) is 16.4 Å². The van der Waals surface area contributed by atoms with Crippen LogP contribution >= 0.6 is 11.3 Å². The van der Waals surface area contributed by atoms with Crippen LogP contribution in [0.4, 0.5) is 14.5 Å². The normalized spacial score (nSPS) is 13.9. The molecule has 4 rings (SSSR count). The number of nitrogens with one attached hydrogen (secondary N) is 1. The van der Waals surface area contributed by atoms with Gasteiger partial charge < -0.3 is 9.73 Å². The lowest BCUT2D eigenvalue weighted by molar-refractivity contribution is 0.102. The van der Waals surface area contributed by atoms with Crippen molar-refractivity contribution in [2.24, 2.45) is 0 Å². The van der Waals surface area contributed by atoms with Gasteiger partial charge in [-0.1, -0.05) is 0 Å². The van der Waals surface area contributed by atoms with Crippen molar-refractivity contribution in [2.45, 2.75) is 25.7 Å². The maximum Gasteiger partial charge on any atom is 0.257 e. The summed E-state index contributed by atoms with van der Waals surface area (Å²) >= 11 is 1.41. The van der Waals surface area contributed by atoms with Gasteiger partial charge in [0.1, 0.15) is 0 Å². The van der Waals surface area contributed by atoms with Crippen molar-refractivity contribution < 1.29 is 18.0 Å². The Morgan fingerprint density at radius 3 is 2.76 bits per heavy atom. The van der Waals surface area contributed by atoms with Crippen molar-refractivity contribution in [3.63, 3.8) is 0 Å². The molecule has 1 fully saturated rings. The molecule has 0 spiro atoms. The highest BCUT2D eigenvalue weighted by Gasteiger charge is 2.30. The molecule has 1 N–H and O–H groups in total. The van der Waals surface area contributed by atoms with Gasteiger partial charge in [-0.25, -0.2) is 8.78 Å². The van der Waals surface area contributed by atoms with Gasteiger partial charge in [-0.2, -0.15) is 0 Å². The van der Waals surface area contributed by atoms with E-state index in [2.05, 4.69) is 15.5 Å². The van der Waals surface area contributed by atoms with Gasteiger partial charge in [-0.3, -0.25) is 4.79 Å². The maximum absolute atomic E-state index is 13.3. The molecule has 8 heteroatoms. The van der Waals surface area contributed by atoms with Crippen LogP contribution in [0.2, 0.25) is 0 Å². The second-order valence-corrected chi connectivity index (χ2v) is 7.14. The lowest BCUT2D eigenvalue weighted by Gasteiger charge is -2.04. The molecule has 2 aromatic heterocycles. The number of carbonyl (C=O) groups is 1. The van der Waals surface area contributed by atoms with E-state index in [1.54, 1.807) is 6.07 Å². The monoisotopic (exact) mass is 361 g/mol. The second-order valence-electron chi connectivity index (χ2n) is 5.88. The highest BCUT2D eigenvalue weighted by Crippen LogP contribution is 2.41. The fraction of sp³-hybridized carbons (Fsp3) is 0.235. The number of amides is 1. The minimum Gasteiger partial charge on any atom is -0.420 e. The van der Waals surface area contributed by atoms with Crippen molar-refractivity contribution in [2.75, 3.05) is 5.32 Å². The first-order valence-electron chi connectivity index (χ1n) is 7.72. The summed E-state index contributed by atoms with van der Waals surface area (Å²) in [5.41, 5.74) is 0.612. The molecule has 1 aliphatic rings. The van der Waals surface area contributed by atoms with Gasteiger partial charge in [0.05, 0.1) is 10.6 Å². The summed E-state index contributed by atoms with van der Waals surface area (Å²) in [6.07, 6.45) is 2.14. The van der Waals surface area contributed by atoms with Crippen LogP contribution in [-0.4, -0.2) is 16.1 Å². The number of halogens is 2. The van der Waals surface area contributed by atoms with Crippen LogP contribution in [0.15, 0.2) is 28.7 Å². The van der Waals surface area contributed by atoms with Gasteiger partial charge in [0.15, 0.2) is 11.6 Å². The second kappa shape index (κ2) is 6.03. The highest BCUT2D eigenvalue weighted by atomic mass is 32.1. The molecule has 0 bridgehead atoms. The van der Waals surface area contributed by atoms with Crippen molar-refractivity contribution in [1.29, 1.82) is 0 Å². The Morgan fingerprint density at radius 2 is 2.04 bits per heavy atom. The molecular weight excluding hydrogens is 348 g/mol. The predicted molar refractivity (Wildman–Crippen MR) is 88.6 cm³/mol. The van der Waals surface area contributed by atoms with Crippen LogP contribution in [0.1, 0.15) is 39.9 Å². The number of nitrogens with zero attached hydrogens (tertiary/aromatic N) is 2. The molecule has 5 nitrogen and oxygen atoms in total. The smallest absolute Gasteiger partial charge is 0.257 e. The molecule has 1 aromatic carbocycles. The van der Waals surface area contributed by atoms with E-state index in [1.807, 2.05) is 6.92 Å². The molecule has 2 heterocycles. The molecule has 128 valence electrons. The molecule has 1 amide bonds. The highest BCUT2D eigenvalue weighted by molar-refractivity contribution is 7.15. The van der Waals surface area contributed by atoms with E-state index in [-0.39, 0.29) is 5.56 Å². The van der Waals surface area contributed by atoms with E-state index in [9.17, 15) is 13.6 Å². The minimum absolute atomic E-state index is 0.0415. The lowest BCUT2D eigenvalue weighted by atomic mass is 10.2. The summed E-state index contributed by atoms with van der Waals surface area (Å²) in [7, 11) is 0. The average Bonchev–Trinajstić information content (AvgIpc) is 3.21. The predicted octanol–water partition coefficient (Wildman–Crippen LogP) is 4.51. The number of rotatable bonds is 4. The first-order valence-corrected chi connectivity index (χ1v) is 8.53. The van der Waals surface area contributed by atoms with Crippen molar-refractivity contribution in [1.82, 2.24) is 10.2 Å². The van der Waals surface area contributed by atoms with Gasteiger partial charge >= 0.3 is 0 Å². The Kier molecular flexibility index (Phi) is 3.84. The Morgan fingerprint density at radius 1 is 1.24 bits per heavy atom. The number of hydrogen-bond donors (Lipinski definition) is 1. The Labute approximate surface area is 145 Å². The van der Waals surface area contributed by atoms with Crippen molar-refractivity contribution in [3.8, 4) is 10.8 Å². The number of benzene rings is 1. The van der Waals surface area contributed by atoms with Crippen LogP contribution in [0, 0.1) is 18.6 Å². The van der Waals surface area contributed by atoms with Crippen LogP contribution < -0.4 is 5.32 Å². The van der Waals surface area contributed by atoms with Crippen molar-refractivity contribution in [3.05, 3.63) is 52.2 Å². The molecular formula is C17H13F2N3O2S. The van der Waals surface area contributed by atoms with E-state index in [0.717, 1.165) is 34.7 Å². The summed E-state index contributed by atoms with van der Waals surface area (Å²) in [4.78, 5) is 13.8. The first-order chi connectivity index (χ1) is 12.0. The van der Waals surface area contributed by atoms with Gasteiger partial charge in [0.2, 0.25) is 5.89 Å². The standard InChI is InChI=1S/C17H13F2N3O2S/c1-8-13(20-15(23)10-4-5-11(18)12(19)6-10)7-14(25-8)17-22-21-16(24-17)9-2-3-9/h4-7,9H,2-3H2,1H3,(H,20,23). The van der Waals surface area contributed by atoms with Gasteiger partial charge in [-0.15, -0.1) is 21.5 Å². The summed E-state index contributed by atoms with van der Waals surface area (Å²) in [6, 6.07) is 4.76. The van der Waals surface area contributed by atoms with E-state index in [4.69, 9.17) is 4.42 Å². The van der Waals surface area contributed by atoms with Crippen LogP contribution in [0.25, 0.3) is 10.8 Å². The van der Waals surface area contributed by atoms with Crippen LogP contribution in [0.5, 0.6) is 0 Å². The van der Waals surface area contributed by atoms with E-state index >= 15 is 0 Å². The number of aryl methyl sites for hydroxylation is 1. The third-order valence-corrected chi connectivity index (χ3v) is 4.96. The van der Waals surface area contributed by atoms with E-state index in [1.165, 1.54) is 17.4 Å². The molecule has 0 unspecified atom stereocenters. The molecule has 0 radical (unpaired) electrons. The maximum atomic E-state index is 13.3. The van der Waals surface area contributed by atoms with Crippen LogP contribution in [0.3, 0.4) is 0 Å². The molecule has 0 atom stereocenters. The largest absolute Gasteiger partial charge is 0.420 e. The number of hydrogen-bond acceptors (Lipinski definition) is 5. The third-order valence-electron chi connectivity index (χ3n) is 3.93. The molecule has 0 saturated heterocycles. The molecule has 1 saturated carbocycles. The summed E-state index contributed by atoms with van der Waals surface area (Å²) in [6.45, 7) is 1.84. The molecule has 0 aliphatic heterocycles. The van der Waals surface area contributed by atoms with Gasteiger partial charge in [0.25, 0.3) is 11.8 Å². The third kappa shape index (κ3) is 3.17. The number of carbonyl (C=O) groups excluding carboxylic acids is 1. The molecule has 25 heavy (non-hydrogen) atoms. The quantitative estimate of drug-likeness (QED) is 0.742. The zero-order valence-corrected chi connectivity index (χ0v) is 14.0.